The van der Waals surface area contributed by atoms with E-state index in [4.69, 9.17) is 4.42 Å². The quantitative estimate of drug-likeness (QED) is 0.704. The van der Waals surface area contributed by atoms with Crippen LogP contribution in [0.15, 0.2) is 14.4 Å². The molecule has 0 unspecified atom stereocenters. The number of amides is 1. The monoisotopic (exact) mass is 249 g/mol. The first-order valence-electron chi connectivity index (χ1n) is 5.24. The molecule has 1 amide bonds. The van der Waals surface area contributed by atoms with Gasteiger partial charge in [0.05, 0.1) is 5.56 Å². The summed E-state index contributed by atoms with van der Waals surface area (Å²) in [6.07, 6.45) is 1.92. The number of hydrogen-bond acceptors (Lipinski definition) is 5. The fourth-order valence-corrected chi connectivity index (χ4v) is 2.57. The van der Waals surface area contributed by atoms with E-state index >= 15 is 0 Å². The predicted octanol–water partition coefficient (Wildman–Crippen LogP) is 1.85. The molecule has 1 aromatic heterocycles. The third-order valence-electron chi connectivity index (χ3n) is 2.98. The minimum absolute atomic E-state index is 0.132. The summed E-state index contributed by atoms with van der Waals surface area (Å²) >= 11 is 1.49. The number of rotatable bonds is 0. The van der Waals surface area contributed by atoms with Crippen molar-refractivity contribution >= 4 is 34.6 Å². The van der Waals surface area contributed by atoms with Crippen molar-refractivity contribution in [2.45, 2.75) is 13.8 Å². The molecule has 5 nitrogen and oxygen atoms in total. The summed E-state index contributed by atoms with van der Waals surface area (Å²) in [5, 5.41) is 0.760. The second kappa shape index (κ2) is 3.46. The molecule has 0 spiro atoms. The average molecular weight is 249 g/mol. The molecule has 0 fully saturated rings. The highest BCUT2D eigenvalue weighted by atomic mass is 32.2. The number of fused-ring (bicyclic) bond motifs is 3. The van der Waals surface area contributed by atoms with Crippen LogP contribution in [0.2, 0.25) is 0 Å². The second-order valence-corrected chi connectivity index (χ2v) is 4.75. The van der Waals surface area contributed by atoms with Crippen LogP contribution in [0.5, 0.6) is 0 Å². The number of nitrogens with zero attached hydrogens (tertiary/aromatic N) is 3. The fourth-order valence-electron chi connectivity index (χ4n) is 2.03. The van der Waals surface area contributed by atoms with Crippen molar-refractivity contribution in [3.05, 3.63) is 16.9 Å². The Hall–Kier alpha value is -1.56. The smallest absolute Gasteiger partial charge is 0.267 e. The van der Waals surface area contributed by atoms with Crippen LogP contribution in [-0.2, 0) is 4.79 Å². The molecular weight excluding hydrogens is 238 g/mol. The van der Waals surface area contributed by atoms with Gasteiger partial charge in [-0.25, -0.2) is 0 Å². The van der Waals surface area contributed by atoms with Gasteiger partial charge in [-0.05, 0) is 20.1 Å². The maximum absolute atomic E-state index is 11.5. The Morgan fingerprint density at radius 1 is 1.35 bits per heavy atom. The van der Waals surface area contributed by atoms with E-state index in [1.165, 1.54) is 11.8 Å². The maximum atomic E-state index is 11.5. The van der Waals surface area contributed by atoms with Gasteiger partial charge in [-0.3, -0.25) is 9.69 Å². The Morgan fingerprint density at radius 3 is 2.82 bits per heavy atom. The molecular formula is C11H11N3O2S. The topological polar surface area (TPSA) is 58.2 Å². The Kier molecular flexibility index (Phi) is 2.16. The lowest BCUT2D eigenvalue weighted by Gasteiger charge is -2.23. The van der Waals surface area contributed by atoms with Crippen LogP contribution in [0, 0.1) is 13.8 Å². The zero-order valence-corrected chi connectivity index (χ0v) is 10.6. The summed E-state index contributed by atoms with van der Waals surface area (Å²) in [5.41, 5.74) is 1.86. The van der Waals surface area contributed by atoms with Crippen LogP contribution >= 0.6 is 11.8 Å². The molecule has 3 rings (SSSR count). The van der Waals surface area contributed by atoms with Gasteiger partial charge in [-0.2, -0.15) is 9.98 Å². The van der Waals surface area contributed by atoms with E-state index in [-0.39, 0.29) is 12.5 Å². The number of thioether (sulfide) groups is 1. The van der Waals surface area contributed by atoms with E-state index in [9.17, 15) is 4.79 Å². The molecule has 0 N–H and O–H groups in total. The second-order valence-electron chi connectivity index (χ2n) is 3.98. The van der Waals surface area contributed by atoms with Crippen LogP contribution in [0.4, 0.5) is 5.88 Å². The Bertz CT molecular complexity index is 586. The number of carbonyl (C=O) groups is 1. The fraction of sp³-hybridized carbons (Fsp3) is 0.364. The molecule has 0 aromatic carbocycles. The summed E-state index contributed by atoms with van der Waals surface area (Å²) < 4.78 is 5.59. The lowest BCUT2D eigenvalue weighted by Crippen LogP contribution is -2.35. The largest absolute Gasteiger partial charge is 0.443 e. The summed E-state index contributed by atoms with van der Waals surface area (Å²) in [6.45, 7) is 4.13. The van der Waals surface area contributed by atoms with E-state index in [1.807, 2.05) is 25.0 Å². The highest BCUT2D eigenvalue weighted by Gasteiger charge is 2.36. The Balaban J connectivity index is 2.27. The van der Waals surface area contributed by atoms with Crippen molar-refractivity contribution in [2.24, 2.45) is 9.98 Å². The van der Waals surface area contributed by atoms with Crippen LogP contribution in [0.3, 0.4) is 0 Å². The predicted molar refractivity (Wildman–Crippen MR) is 67.0 cm³/mol. The van der Waals surface area contributed by atoms with Crippen molar-refractivity contribution in [2.75, 3.05) is 12.8 Å². The normalized spacial score (nSPS) is 17.8. The van der Waals surface area contributed by atoms with E-state index in [2.05, 4.69) is 9.98 Å². The SMILES string of the molecule is CSC1=Nc2oc(C)c(C)c2C2=NC(=O)CN12. The van der Waals surface area contributed by atoms with Gasteiger partial charge >= 0.3 is 0 Å². The summed E-state index contributed by atoms with van der Waals surface area (Å²) in [6, 6.07) is 0. The first-order chi connectivity index (χ1) is 8.11. The van der Waals surface area contributed by atoms with Gasteiger partial charge in [0.2, 0.25) is 5.88 Å². The van der Waals surface area contributed by atoms with Crippen LogP contribution in [-0.4, -0.2) is 34.6 Å². The van der Waals surface area contributed by atoms with E-state index < -0.39 is 0 Å². The zero-order valence-electron chi connectivity index (χ0n) is 9.77. The standard InChI is InChI=1S/C11H11N3O2S/c1-5-6(2)16-10-8(5)9-12-7(15)4-14(9)11(13-10)17-3/h4H2,1-3H3. The van der Waals surface area contributed by atoms with Crippen molar-refractivity contribution in [1.29, 1.82) is 0 Å². The van der Waals surface area contributed by atoms with E-state index in [0.29, 0.717) is 11.7 Å². The van der Waals surface area contributed by atoms with Gasteiger partial charge in [-0.1, -0.05) is 11.8 Å². The first-order valence-corrected chi connectivity index (χ1v) is 6.46. The minimum atomic E-state index is -0.132. The lowest BCUT2D eigenvalue weighted by atomic mass is 10.1. The van der Waals surface area contributed by atoms with Crippen LogP contribution < -0.4 is 0 Å². The Morgan fingerprint density at radius 2 is 2.12 bits per heavy atom. The van der Waals surface area contributed by atoms with Gasteiger partial charge < -0.3 is 4.42 Å². The van der Waals surface area contributed by atoms with Crippen LogP contribution in [0.1, 0.15) is 16.9 Å². The lowest BCUT2D eigenvalue weighted by molar-refractivity contribution is -0.116. The third kappa shape index (κ3) is 1.37. The van der Waals surface area contributed by atoms with E-state index in [1.54, 1.807) is 0 Å². The average Bonchev–Trinajstić information content (AvgIpc) is 2.79. The molecule has 2 aliphatic heterocycles. The molecule has 0 aliphatic carbocycles. The molecule has 88 valence electrons. The highest BCUT2D eigenvalue weighted by molar-refractivity contribution is 8.13. The summed E-state index contributed by atoms with van der Waals surface area (Å²) in [5.74, 6) is 1.93. The molecule has 6 heteroatoms. The number of aliphatic imine (C=N–C) groups is 2. The van der Waals surface area contributed by atoms with Crippen molar-refractivity contribution in [3.63, 3.8) is 0 Å². The zero-order chi connectivity index (χ0) is 12.2. The van der Waals surface area contributed by atoms with Gasteiger partial charge in [0.25, 0.3) is 5.91 Å². The molecule has 2 aliphatic rings. The van der Waals surface area contributed by atoms with Crippen molar-refractivity contribution in [3.8, 4) is 0 Å². The number of amidine groups is 2. The maximum Gasteiger partial charge on any atom is 0.267 e. The Labute approximate surface area is 103 Å². The number of furan rings is 1. The van der Waals surface area contributed by atoms with Gasteiger partial charge in [0.1, 0.15) is 12.3 Å². The van der Waals surface area contributed by atoms with Gasteiger partial charge in [0.15, 0.2) is 11.0 Å². The molecule has 17 heavy (non-hydrogen) atoms. The third-order valence-corrected chi connectivity index (χ3v) is 3.66. The highest BCUT2D eigenvalue weighted by Crippen LogP contribution is 2.36. The van der Waals surface area contributed by atoms with Crippen LogP contribution in [0.25, 0.3) is 0 Å². The first kappa shape index (κ1) is 10.6. The van der Waals surface area contributed by atoms with Crippen molar-refractivity contribution < 1.29 is 9.21 Å². The molecule has 0 bridgehead atoms. The molecule has 3 heterocycles. The molecule has 0 saturated carbocycles. The summed E-state index contributed by atoms with van der Waals surface area (Å²) in [4.78, 5) is 21.8. The molecule has 0 atom stereocenters. The van der Waals surface area contributed by atoms with Gasteiger partial charge in [0, 0.05) is 5.56 Å². The number of hydrogen-bond donors (Lipinski definition) is 0. The minimum Gasteiger partial charge on any atom is -0.443 e. The molecule has 1 aromatic rings. The number of aryl methyl sites for hydroxylation is 1. The van der Waals surface area contributed by atoms with Gasteiger partial charge in [-0.15, -0.1) is 0 Å². The number of carbonyl (C=O) groups excluding carboxylic acids is 1. The summed E-state index contributed by atoms with van der Waals surface area (Å²) in [7, 11) is 0. The van der Waals surface area contributed by atoms with Crippen molar-refractivity contribution in [1.82, 2.24) is 4.90 Å². The molecule has 0 saturated heterocycles. The molecule has 0 radical (unpaired) electrons. The van der Waals surface area contributed by atoms with E-state index in [0.717, 1.165) is 22.1 Å².